The van der Waals surface area contributed by atoms with Gasteiger partial charge in [-0.15, -0.1) is 0 Å². The zero-order valence-electron chi connectivity index (χ0n) is 11.1. The second-order valence-corrected chi connectivity index (χ2v) is 5.27. The van der Waals surface area contributed by atoms with E-state index < -0.39 is 0 Å². The highest BCUT2D eigenvalue weighted by Gasteiger charge is 2.41. The van der Waals surface area contributed by atoms with E-state index in [1.54, 1.807) is 0 Å². The van der Waals surface area contributed by atoms with Crippen LogP contribution in [0.1, 0.15) is 18.4 Å². The third-order valence-corrected chi connectivity index (χ3v) is 4.27. The molecule has 1 atom stereocenters. The molecule has 2 heterocycles. The highest BCUT2D eigenvalue weighted by molar-refractivity contribution is 5.77. The zero-order chi connectivity index (χ0) is 13.1. The molecule has 4 nitrogen and oxygen atoms in total. The third-order valence-electron chi connectivity index (χ3n) is 4.27. The molecular weight excluding hydrogens is 240 g/mol. The number of ether oxygens (including phenoxy) is 1. The lowest BCUT2D eigenvalue weighted by Gasteiger charge is -2.48. The molecule has 19 heavy (non-hydrogen) atoms. The number of benzene rings is 1. The number of piperidine rings is 1. The van der Waals surface area contributed by atoms with Gasteiger partial charge >= 0.3 is 0 Å². The van der Waals surface area contributed by atoms with E-state index in [4.69, 9.17) is 4.74 Å². The molecule has 2 aliphatic rings. The van der Waals surface area contributed by atoms with Gasteiger partial charge < -0.3 is 10.1 Å². The lowest BCUT2D eigenvalue weighted by atomic mass is 9.81. The van der Waals surface area contributed by atoms with Crippen molar-refractivity contribution in [3.05, 3.63) is 35.9 Å². The van der Waals surface area contributed by atoms with Crippen LogP contribution in [0.3, 0.4) is 0 Å². The minimum Gasteiger partial charge on any atom is -0.379 e. The average molecular weight is 260 g/mol. The van der Waals surface area contributed by atoms with E-state index >= 15 is 0 Å². The second-order valence-electron chi connectivity index (χ2n) is 5.27. The molecule has 1 aromatic rings. The summed E-state index contributed by atoms with van der Waals surface area (Å²) in [6.07, 6.45) is 1.50. The Hall–Kier alpha value is -1.39. The van der Waals surface area contributed by atoms with Gasteiger partial charge in [0.1, 0.15) is 0 Å². The van der Waals surface area contributed by atoms with Gasteiger partial charge in [0.25, 0.3) is 0 Å². The highest BCUT2D eigenvalue weighted by atomic mass is 16.5. The summed E-state index contributed by atoms with van der Waals surface area (Å²) in [6.45, 7) is 4.14. The number of rotatable bonds is 2. The Morgan fingerprint density at radius 3 is 2.53 bits per heavy atom. The van der Waals surface area contributed by atoms with Crippen molar-refractivity contribution in [1.29, 1.82) is 0 Å². The summed E-state index contributed by atoms with van der Waals surface area (Å²) in [4.78, 5) is 14.0. The van der Waals surface area contributed by atoms with Crippen LogP contribution >= 0.6 is 0 Å². The van der Waals surface area contributed by atoms with Crippen LogP contribution in [0.5, 0.6) is 0 Å². The summed E-state index contributed by atoms with van der Waals surface area (Å²) >= 11 is 0. The third kappa shape index (κ3) is 2.38. The molecule has 0 bridgehead atoms. The first kappa shape index (κ1) is 12.6. The number of morpholine rings is 1. The maximum Gasteiger partial charge on any atom is 0.220 e. The van der Waals surface area contributed by atoms with Crippen LogP contribution in [0.4, 0.5) is 0 Å². The second kappa shape index (κ2) is 5.31. The molecule has 0 aliphatic carbocycles. The predicted octanol–water partition coefficient (Wildman–Crippen LogP) is 1.12. The van der Waals surface area contributed by atoms with Crippen molar-refractivity contribution in [3.8, 4) is 0 Å². The molecule has 0 radical (unpaired) electrons. The van der Waals surface area contributed by atoms with Gasteiger partial charge in [0.05, 0.1) is 18.8 Å². The number of hydrogen-bond acceptors (Lipinski definition) is 3. The van der Waals surface area contributed by atoms with Crippen LogP contribution in [-0.4, -0.2) is 43.7 Å². The van der Waals surface area contributed by atoms with E-state index in [1.165, 1.54) is 5.56 Å². The zero-order valence-corrected chi connectivity index (χ0v) is 11.1. The van der Waals surface area contributed by atoms with Crippen LogP contribution in [0.15, 0.2) is 30.3 Å². The van der Waals surface area contributed by atoms with Gasteiger partial charge in [0.15, 0.2) is 0 Å². The molecule has 1 aromatic carbocycles. The summed E-state index contributed by atoms with van der Waals surface area (Å²) in [6, 6.07) is 10.5. The fourth-order valence-electron chi connectivity index (χ4n) is 3.18. The molecule has 0 saturated carbocycles. The van der Waals surface area contributed by atoms with Crippen molar-refractivity contribution < 1.29 is 9.53 Å². The summed E-state index contributed by atoms with van der Waals surface area (Å²) < 4.78 is 5.46. The van der Waals surface area contributed by atoms with E-state index in [1.807, 2.05) is 6.07 Å². The van der Waals surface area contributed by atoms with E-state index in [2.05, 4.69) is 34.5 Å². The molecule has 1 N–H and O–H groups in total. The standard InChI is InChI=1S/C15H20N2O2/c18-14-6-7-15(12-16-14,13-4-2-1-3-5-13)17-8-10-19-11-9-17/h1-5H,6-12H2,(H,16,18). The molecule has 2 saturated heterocycles. The maximum absolute atomic E-state index is 11.5. The molecule has 2 aliphatic heterocycles. The fourth-order valence-corrected chi connectivity index (χ4v) is 3.18. The molecule has 1 unspecified atom stereocenters. The number of nitrogens with zero attached hydrogens (tertiary/aromatic N) is 1. The molecule has 3 rings (SSSR count). The predicted molar refractivity (Wildman–Crippen MR) is 72.8 cm³/mol. The Kier molecular flexibility index (Phi) is 3.53. The molecule has 102 valence electrons. The Morgan fingerprint density at radius 1 is 1.16 bits per heavy atom. The Morgan fingerprint density at radius 2 is 1.89 bits per heavy atom. The van der Waals surface area contributed by atoms with Crippen LogP contribution in [-0.2, 0) is 15.1 Å². The number of carbonyl (C=O) groups is 1. The van der Waals surface area contributed by atoms with Gasteiger partial charge in [-0.1, -0.05) is 30.3 Å². The Balaban J connectivity index is 1.93. The average Bonchev–Trinajstić information content (AvgIpc) is 2.50. The molecule has 2 fully saturated rings. The number of carbonyl (C=O) groups excluding carboxylic acids is 1. The van der Waals surface area contributed by atoms with Gasteiger partial charge in [0.2, 0.25) is 5.91 Å². The van der Waals surface area contributed by atoms with E-state index in [0.29, 0.717) is 13.0 Å². The smallest absolute Gasteiger partial charge is 0.220 e. The molecule has 4 heteroatoms. The summed E-state index contributed by atoms with van der Waals surface area (Å²) in [5, 5.41) is 3.05. The molecule has 0 aromatic heterocycles. The van der Waals surface area contributed by atoms with E-state index in [9.17, 15) is 4.79 Å². The number of amides is 1. The first-order chi connectivity index (χ1) is 9.31. The van der Waals surface area contributed by atoms with Gasteiger partial charge in [-0.2, -0.15) is 0 Å². The van der Waals surface area contributed by atoms with Crippen LogP contribution in [0.2, 0.25) is 0 Å². The van der Waals surface area contributed by atoms with Crippen molar-refractivity contribution >= 4 is 5.91 Å². The van der Waals surface area contributed by atoms with Crippen LogP contribution in [0.25, 0.3) is 0 Å². The first-order valence-corrected chi connectivity index (χ1v) is 6.96. The fraction of sp³-hybridized carbons (Fsp3) is 0.533. The SMILES string of the molecule is O=C1CCC(c2ccccc2)(N2CCOCC2)CN1. The van der Waals surface area contributed by atoms with Crippen LogP contribution in [0, 0.1) is 0 Å². The minimum absolute atomic E-state index is 0.0566. The van der Waals surface area contributed by atoms with Gasteiger partial charge in [0, 0.05) is 26.1 Å². The topological polar surface area (TPSA) is 41.6 Å². The molecule has 1 amide bonds. The minimum atomic E-state index is -0.0566. The monoisotopic (exact) mass is 260 g/mol. The molecule has 0 spiro atoms. The number of nitrogens with one attached hydrogen (secondary N) is 1. The van der Waals surface area contributed by atoms with Gasteiger partial charge in [-0.25, -0.2) is 0 Å². The molecular formula is C15H20N2O2. The van der Waals surface area contributed by atoms with Crippen molar-refractivity contribution in [2.24, 2.45) is 0 Å². The quantitative estimate of drug-likeness (QED) is 0.866. The lowest BCUT2D eigenvalue weighted by molar-refractivity contribution is -0.126. The Labute approximate surface area is 113 Å². The van der Waals surface area contributed by atoms with Gasteiger partial charge in [-0.05, 0) is 12.0 Å². The summed E-state index contributed by atoms with van der Waals surface area (Å²) in [5.41, 5.74) is 1.25. The van der Waals surface area contributed by atoms with Crippen molar-refractivity contribution in [1.82, 2.24) is 10.2 Å². The highest BCUT2D eigenvalue weighted by Crippen LogP contribution is 2.35. The van der Waals surface area contributed by atoms with E-state index in [-0.39, 0.29) is 11.4 Å². The Bertz CT molecular complexity index is 431. The maximum atomic E-state index is 11.5. The lowest BCUT2D eigenvalue weighted by Crippen LogP contribution is -2.59. The number of hydrogen-bond donors (Lipinski definition) is 1. The largest absolute Gasteiger partial charge is 0.379 e. The van der Waals surface area contributed by atoms with Crippen molar-refractivity contribution in [2.75, 3.05) is 32.8 Å². The normalized spacial score (nSPS) is 28.9. The summed E-state index contributed by atoms with van der Waals surface area (Å²) in [5.74, 6) is 0.166. The van der Waals surface area contributed by atoms with Crippen molar-refractivity contribution in [2.45, 2.75) is 18.4 Å². The first-order valence-electron chi connectivity index (χ1n) is 6.96. The van der Waals surface area contributed by atoms with Crippen LogP contribution < -0.4 is 5.32 Å². The van der Waals surface area contributed by atoms with E-state index in [0.717, 1.165) is 32.7 Å². The van der Waals surface area contributed by atoms with Gasteiger partial charge in [-0.3, -0.25) is 9.69 Å². The summed E-state index contributed by atoms with van der Waals surface area (Å²) in [7, 11) is 0. The van der Waals surface area contributed by atoms with Crippen molar-refractivity contribution in [3.63, 3.8) is 0 Å².